The normalized spacial score (nSPS) is 19.0. The number of phenolic OH excluding ortho intramolecular Hbond substituents is 1. The number of nitrogen functional groups attached to an aromatic ring is 1. The highest BCUT2D eigenvalue weighted by molar-refractivity contribution is 5.98. The summed E-state index contributed by atoms with van der Waals surface area (Å²) in [6, 6.07) is 11.7. The number of rotatable bonds is 10. The maximum absolute atomic E-state index is 14.4. The van der Waals surface area contributed by atoms with Gasteiger partial charge >= 0.3 is 0 Å². The number of phenols is 1. The second kappa shape index (κ2) is 12.3. The molecular formula is C35H38FN7O3. The summed E-state index contributed by atoms with van der Waals surface area (Å²) < 4.78 is 21.9. The van der Waals surface area contributed by atoms with Gasteiger partial charge in [-0.3, -0.25) is 14.6 Å². The van der Waals surface area contributed by atoms with Gasteiger partial charge in [-0.15, -0.1) is 0 Å². The number of nitrogens with two attached hydrogens (primary N) is 1. The standard InChI is InChI=1S/C35H38FN7O3/c1-21-5-3-4-6-29(21)30(24-9-11-42(12-10-24)27-17-41(18-27)16-23-7-8-23)33(46-20-44)22(2)43-35-31(34(37)38-19-39-35)32(40-43)25-13-26(36)15-28(45)14-25/h3-6,9,13-15,19-20,22-23,27,45H,7-8,10-12,16-18H2,1-2H3,(H2,37,38,39)/b33-30-. The van der Waals surface area contributed by atoms with Gasteiger partial charge in [-0.1, -0.05) is 30.3 Å². The van der Waals surface area contributed by atoms with Crippen molar-refractivity contribution in [3.8, 4) is 17.0 Å². The highest BCUT2D eigenvalue weighted by atomic mass is 19.1. The van der Waals surface area contributed by atoms with Crippen molar-refractivity contribution < 1.29 is 19.0 Å². The van der Waals surface area contributed by atoms with Gasteiger partial charge in [-0.05, 0) is 67.9 Å². The van der Waals surface area contributed by atoms with Crippen LogP contribution in [0.3, 0.4) is 0 Å². The van der Waals surface area contributed by atoms with Crippen molar-refractivity contribution >= 4 is 28.9 Å². The van der Waals surface area contributed by atoms with Crippen LogP contribution in [-0.4, -0.2) is 79.9 Å². The monoisotopic (exact) mass is 623 g/mol. The topological polar surface area (TPSA) is 123 Å². The van der Waals surface area contributed by atoms with E-state index in [-0.39, 0.29) is 11.6 Å². The minimum Gasteiger partial charge on any atom is -0.508 e. The Morgan fingerprint density at radius 2 is 2.00 bits per heavy atom. The van der Waals surface area contributed by atoms with Crippen LogP contribution < -0.4 is 5.73 Å². The molecule has 2 aromatic heterocycles. The predicted octanol–water partition coefficient (Wildman–Crippen LogP) is 5.10. The van der Waals surface area contributed by atoms with E-state index in [0.29, 0.717) is 40.6 Å². The Morgan fingerprint density at radius 3 is 2.70 bits per heavy atom. The molecule has 7 rings (SSSR count). The van der Waals surface area contributed by atoms with E-state index in [4.69, 9.17) is 15.6 Å². The van der Waals surface area contributed by atoms with Gasteiger partial charge in [0.05, 0.1) is 5.39 Å². The van der Waals surface area contributed by atoms with E-state index in [1.165, 1.54) is 37.8 Å². The fraction of sp³-hybridized carbons (Fsp3) is 0.371. The number of benzene rings is 2. The van der Waals surface area contributed by atoms with E-state index in [2.05, 4.69) is 25.8 Å². The van der Waals surface area contributed by atoms with E-state index in [9.17, 15) is 14.3 Å². The SMILES string of the molecule is Cc1ccccc1/C(C1=CCN(C2CN(CC3CC3)C2)CC1)=C(\OC=O)C(C)n1nc(-c2cc(O)cc(F)c2)c2c(N)ncnc21. The lowest BCUT2D eigenvalue weighted by Gasteiger charge is -2.46. The smallest absolute Gasteiger partial charge is 0.298 e. The molecule has 2 fully saturated rings. The first-order chi connectivity index (χ1) is 22.3. The zero-order valence-corrected chi connectivity index (χ0v) is 26.1. The number of halogens is 1. The average Bonchev–Trinajstić information content (AvgIpc) is 3.76. The first-order valence-electron chi connectivity index (χ1n) is 15.9. The average molecular weight is 624 g/mol. The molecule has 3 aliphatic rings. The number of aromatic nitrogens is 4. The number of aryl methyl sites for hydroxylation is 1. The second-order valence-electron chi connectivity index (χ2n) is 12.7. The Balaban J connectivity index is 1.30. The van der Waals surface area contributed by atoms with Crippen LogP contribution in [0.25, 0.3) is 27.9 Å². The predicted molar refractivity (Wildman–Crippen MR) is 174 cm³/mol. The van der Waals surface area contributed by atoms with Crippen molar-refractivity contribution in [2.75, 3.05) is 38.5 Å². The van der Waals surface area contributed by atoms with Crippen molar-refractivity contribution in [3.63, 3.8) is 0 Å². The Labute approximate surface area is 267 Å². The number of aromatic hydroxyl groups is 1. The fourth-order valence-electron chi connectivity index (χ4n) is 6.86. The molecule has 2 aromatic carbocycles. The number of carbonyl (C=O) groups is 1. The maximum atomic E-state index is 14.4. The molecule has 1 saturated carbocycles. The van der Waals surface area contributed by atoms with E-state index >= 15 is 0 Å². The molecule has 0 bridgehead atoms. The number of allylic oxidation sites excluding steroid dienone is 2. The van der Waals surface area contributed by atoms with Crippen molar-refractivity contribution in [1.82, 2.24) is 29.5 Å². The van der Waals surface area contributed by atoms with Gasteiger partial charge in [-0.25, -0.2) is 19.0 Å². The number of ether oxygens (including phenoxy) is 1. The molecular weight excluding hydrogens is 585 g/mol. The zero-order valence-electron chi connectivity index (χ0n) is 26.1. The summed E-state index contributed by atoms with van der Waals surface area (Å²) in [4.78, 5) is 25.9. The van der Waals surface area contributed by atoms with Gasteiger partial charge in [0.25, 0.3) is 6.47 Å². The zero-order chi connectivity index (χ0) is 31.9. The van der Waals surface area contributed by atoms with Crippen LogP contribution in [-0.2, 0) is 9.53 Å². The molecule has 10 nitrogen and oxygen atoms in total. The molecule has 4 heterocycles. The summed E-state index contributed by atoms with van der Waals surface area (Å²) in [7, 11) is 0. The van der Waals surface area contributed by atoms with Crippen molar-refractivity contribution in [2.45, 2.75) is 45.2 Å². The lowest BCUT2D eigenvalue weighted by Crippen LogP contribution is -2.60. The van der Waals surface area contributed by atoms with Gasteiger partial charge in [-0.2, -0.15) is 5.10 Å². The minimum atomic E-state index is -0.631. The van der Waals surface area contributed by atoms with Crippen LogP contribution in [0.2, 0.25) is 0 Å². The number of anilines is 1. The Morgan fingerprint density at radius 1 is 1.20 bits per heavy atom. The van der Waals surface area contributed by atoms with Gasteiger partial charge in [0, 0.05) is 56.0 Å². The fourth-order valence-corrected chi connectivity index (χ4v) is 6.86. The van der Waals surface area contributed by atoms with E-state index in [1.807, 2.05) is 38.1 Å². The summed E-state index contributed by atoms with van der Waals surface area (Å²) >= 11 is 0. The summed E-state index contributed by atoms with van der Waals surface area (Å²) in [6.45, 7) is 9.58. The third-order valence-corrected chi connectivity index (χ3v) is 9.49. The summed E-state index contributed by atoms with van der Waals surface area (Å²) in [5.74, 6) is 0.608. The Hall–Kier alpha value is -4.61. The summed E-state index contributed by atoms with van der Waals surface area (Å²) in [6.07, 6.45) is 7.14. The number of likely N-dealkylation sites (tertiary alicyclic amines) is 1. The van der Waals surface area contributed by atoms with Crippen LogP contribution >= 0.6 is 0 Å². The lowest BCUT2D eigenvalue weighted by molar-refractivity contribution is -0.125. The molecule has 11 heteroatoms. The number of hydrogen-bond donors (Lipinski definition) is 2. The molecule has 4 aromatic rings. The first kappa shape index (κ1) is 30.1. The quantitative estimate of drug-likeness (QED) is 0.184. The maximum Gasteiger partial charge on any atom is 0.298 e. The second-order valence-corrected chi connectivity index (χ2v) is 12.7. The third kappa shape index (κ3) is 5.76. The first-order valence-corrected chi connectivity index (χ1v) is 15.9. The molecule has 2 aliphatic heterocycles. The van der Waals surface area contributed by atoms with E-state index in [1.54, 1.807) is 4.68 Å². The van der Waals surface area contributed by atoms with Crippen LogP contribution in [0.15, 0.2) is 66.2 Å². The molecule has 1 unspecified atom stereocenters. The number of hydrogen-bond acceptors (Lipinski definition) is 9. The molecule has 1 atom stereocenters. The molecule has 0 spiro atoms. The van der Waals surface area contributed by atoms with Gasteiger partial charge < -0.3 is 15.6 Å². The Bertz CT molecular complexity index is 1840. The molecule has 3 N–H and O–H groups in total. The van der Waals surface area contributed by atoms with Crippen molar-refractivity contribution in [3.05, 3.63) is 83.1 Å². The molecule has 238 valence electrons. The van der Waals surface area contributed by atoms with Crippen LogP contribution in [0.4, 0.5) is 10.2 Å². The number of nitrogens with zero attached hydrogens (tertiary/aromatic N) is 6. The van der Waals surface area contributed by atoms with Crippen LogP contribution in [0.5, 0.6) is 5.75 Å². The van der Waals surface area contributed by atoms with Crippen molar-refractivity contribution in [1.29, 1.82) is 0 Å². The third-order valence-electron chi connectivity index (χ3n) is 9.49. The van der Waals surface area contributed by atoms with Crippen molar-refractivity contribution in [2.24, 2.45) is 5.92 Å². The summed E-state index contributed by atoms with van der Waals surface area (Å²) in [5, 5.41) is 15.4. The molecule has 46 heavy (non-hydrogen) atoms. The highest BCUT2D eigenvalue weighted by Gasteiger charge is 2.36. The van der Waals surface area contributed by atoms with Gasteiger partial charge in [0.2, 0.25) is 0 Å². The highest BCUT2D eigenvalue weighted by Crippen LogP contribution is 2.40. The summed E-state index contributed by atoms with van der Waals surface area (Å²) in [5.41, 5.74) is 11.3. The van der Waals surface area contributed by atoms with Gasteiger partial charge in [0.1, 0.15) is 41.2 Å². The van der Waals surface area contributed by atoms with Crippen LogP contribution in [0, 0.1) is 18.7 Å². The minimum absolute atomic E-state index is 0.157. The Kier molecular flexibility index (Phi) is 8.04. The molecule has 1 saturated heterocycles. The number of carbonyl (C=O) groups excluding carboxylic acids is 1. The number of fused-ring (bicyclic) bond motifs is 1. The molecule has 0 radical (unpaired) electrons. The van der Waals surface area contributed by atoms with E-state index in [0.717, 1.165) is 66.9 Å². The lowest BCUT2D eigenvalue weighted by atomic mass is 9.88. The van der Waals surface area contributed by atoms with Gasteiger partial charge in [0.15, 0.2) is 5.65 Å². The molecule has 0 amide bonds. The largest absolute Gasteiger partial charge is 0.508 e. The van der Waals surface area contributed by atoms with E-state index < -0.39 is 11.9 Å². The molecule has 1 aliphatic carbocycles. The van der Waals surface area contributed by atoms with Crippen LogP contribution in [0.1, 0.15) is 43.4 Å².